The second kappa shape index (κ2) is 6.02. The van der Waals surface area contributed by atoms with Crippen LogP contribution in [-0.2, 0) is 6.42 Å². The van der Waals surface area contributed by atoms with Crippen LogP contribution in [0.15, 0.2) is 30.3 Å². The van der Waals surface area contributed by atoms with Crippen molar-refractivity contribution in [2.24, 2.45) is 0 Å². The SMILES string of the molecule is CNC(Cc1cc(F)ccc1Cl)c1ccc(Cl)s1. The summed E-state index contributed by atoms with van der Waals surface area (Å²) in [6.07, 6.45) is 0.629. The zero-order valence-corrected chi connectivity index (χ0v) is 12.0. The van der Waals surface area contributed by atoms with E-state index in [1.54, 1.807) is 6.07 Å². The molecule has 1 heterocycles. The van der Waals surface area contributed by atoms with Crippen molar-refractivity contribution in [1.29, 1.82) is 0 Å². The molecule has 1 N–H and O–H groups in total. The van der Waals surface area contributed by atoms with Crippen molar-refractivity contribution >= 4 is 34.5 Å². The van der Waals surface area contributed by atoms with E-state index in [0.29, 0.717) is 11.4 Å². The molecule has 2 rings (SSSR count). The maximum Gasteiger partial charge on any atom is 0.123 e. The van der Waals surface area contributed by atoms with E-state index < -0.39 is 0 Å². The first-order chi connectivity index (χ1) is 8.60. The molecular weight excluding hydrogens is 292 g/mol. The summed E-state index contributed by atoms with van der Waals surface area (Å²) in [7, 11) is 1.87. The van der Waals surface area contributed by atoms with Gasteiger partial charge in [0.1, 0.15) is 5.82 Å². The normalized spacial score (nSPS) is 12.7. The van der Waals surface area contributed by atoms with E-state index in [-0.39, 0.29) is 11.9 Å². The molecule has 0 amide bonds. The summed E-state index contributed by atoms with van der Waals surface area (Å²) in [4.78, 5) is 1.11. The fourth-order valence-electron chi connectivity index (χ4n) is 1.78. The Morgan fingerprint density at radius 2 is 2.06 bits per heavy atom. The van der Waals surface area contributed by atoms with E-state index in [0.717, 1.165) is 14.8 Å². The van der Waals surface area contributed by atoms with Crippen LogP contribution < -0.4 is 5.32 Å². The highest BCUT2D eigenvalue weighted by Crippen LogP contribution is 2.30. The first kappa shape index (κ1) is 13.8. The van der Waals surface area contributed by atoms with Crippen molar-refractivity contribution in [2.75, 3.05) is 7.05 Å². The van der Waals surface area contributed by atoms with Gasteiger partial charge in [0.05, 0.1) is 4.34 Å². The van der Waals surface area contributed by atoms with E-state index in [9.17, 15) is 4.39 Å². The van der Waals surface area contributed by atoms with E-state index in [1.807, 2.05) is 19.2 Å². The third kappa shape index (κ3) is 3.23. The van der Waals surface area contributed by atoms with Crippen LogP contribution in [-0.4, -0.2) is 7.05 Å². The van der Waals surface area contributed by atoms with Crippen LogP contribution in [0, 0.1) is 5.82 Å². The molecule has 5 heteroatoms. The number of nitrogens with one attached hydrogen (secondary N) is 1. The Bertz CT molecular complexity index is 542. The van der Waals surface area contributed by atoms with E-state index in [4.69, 9.17) is 23.2 Å². The van der Waals surface area contributed by atoms with Gasteiger partial charge < -0.3 is 5.32 Å². The molecule has 1 aromatic heterocycles. The quantitative estimate of drug-likeness (QED) is 0.863. The Kier molecular flexibility index (Phi) is 4.62. The summed E-state index contributed by atoms with van der Waals surface area (Å²) in [5.74, 6) is -0.270. The lowest BCUT2D eigenvalue weighted by Crippen LogP contribution is -2.17. The van der Waals surface area contributed by atoms with Crippen molar-refractivity contribution < 1.29 is 4.39 Å². The van der Waals surface area contributed by atoms with Crippen molar-refractivity contribution in [3.05, 3.63) is 55.9 Å². The van der Waals surface area contributed by atoms with Crippen LogP contribution >= 0.6 is 34.5 Å². The first-order valence-electron chi connectivity index (χ1n) is 5.46. The summed E-state index contributed by atoms with van der Waals surface area (Å²) in [6, 6.07) is 8.34. The predicted molar refractivity (Wildman–Crippen MR) is 76.2 cm³/mol. The van der Waals surface area contributed by atoms with Crippen LogP contribution in [0.25, 0.3) is 0 Å². The van der Waals surface area contributed by atoms with Crippen LogP contribution in [0.5, 0.6) is 0 Å². The minimum absolute atomic E-state index is 0.0850. The zero-order valence-electron chi connectivity index (χ0n) is 9.71. The molecule has 1 unspecified atom stereocenters. The number of thiophene rings is 1. The molecule has 1 aromatic carbocycles. The number of rotatable bonds is 4. The lowest BCUT2D eigenvalue weighted by Gasteiger charge is -2.15. The largest absolute Gasteiger partial charge is 0.312 e. The third-order valence-corrected chi connectivity index (χ3v) is 4.43. The molecule has 1 nitrogen and oxygen atoms in total. The fraction of sp³-hybridized carbons (Fsp3) is 0.231. The van der Waals surface area contributed by atoms with Crippen molar-refractivity contribution in [3.63, 3.8) is 0 Å². The summed E-state index contributed by atoms with van der Waals surface area (Å²) >= 11 is 13.5. The Morgan fingerprint density at radius 1 is 1.28 bits per heavy atom. The number of benzene rings is 1. The van der Waals surface area contributed by atoms with Gasteiger partial charge in [-0.05, 0) is 49.4 Å². The van der Waals surface area contributed by atoms with E-state index in [1.165, 1.54) is 23.5 Å². The fourth-order valence-corrected chi connectivity index (χ4v) is 3.15. The van der Waals surface area contributed by atoms with Crippen molar-refractivity contribution in [3.8, 4) is 0 Å². The monoisotopic (exact) mass is 303 g/mol. The molecule has 0 aliphatic rings. The average Bonchev–Trinajstić information content (AvgIpc) is 2.77. The summed E-state index contributed by atoms with van der Waals surface area (Å²) in [6.45, 7) is 0. The average molecular weight is 304 g/mol. The maximum absolute atomic E-state index is 13.2. The molecule has 2 aromatic rings. The lowest BCUT2D eigenvalue weighted by molar-refractivity contribution is 0.592. The summed E-state index contributed by atoms with van der Waals surface area (Å²) in [5.41, 5.74) is 0.792. The predicted octanol–water partition coefficient (Wildman–Crippen LogP) is 4.70. The van der Waals surface area contributed by atoms with Crippen molar-refractivity contribution in [2.45, 2.75) is 12.5 Å². The lowest BCUT2D eigenvalue weighted by atomic mass is 10.0. The minimum Gasteiger partial charge on any atom is -0.312 e. The van der Waals surface area contributed by atoms with E-state index >= 15 is 0 Å². The zero-order chi connectivity index (χ0) is 13.1. The Hall–Kier alpha value is -0.610. The molecular formula is C13H12Cl2FNS. The second-order valence-electron chi connectivity index (χ2n) is 3.92. The Labute approximate surface area is 120 Å². The minimum atomic E-state index is -0.270. The molecule has 0 saturated carbocycles. The maximum atomic E-state index is 13.2. The van der Waals surface area contributed by atoms with Crippen LogP contribution in [0.2, 0.25) is 9.36 Å². The number of likely N-dealkylation sites (N-methyl/N-ethyl adjacent to an activating group) is 1. The number of halogens is 3. The molecule has 96 valence electrons. The van der Waals surface area contributed by atoms with Crippen LogP contribution in [0.1, 0.15) is 16.5 Å². The Morgan fingerprint density at radius 3 is 2.67 bits per heavy atom. The van der Waals surface area contributed by atoms with Gasteiger partial charge in [0.2, 0.25) is 0 Å². The summed E-state index contributed by atoms with van der Waals surface area (Å²) < 4.78 is 14.0. The van der Waals surface area contributed by atoms with Crippen LogP contribution in [0.4, 0.5) is 4.39 Å². The number of hydrogen-bond acceptors (Lipinski definition) is 2. The molecule has 0 spiro atoms. The van der Waals surface area contributed by atoms with Gasteiger partial charge in [-0.3, -0.25) is 0 Å². The topological polar surface area (TPSA) is 12.0 Å². The van der Waals surface area contributed by atoms with Crippen LogP contribution in [0.3, 0.4) is 0 Å². The molecule has 0 aliphatic carbocycles. The van der Waals surface area contributed by atoms with Gasteiger partial charge in [0, 0.05) is 15.9 Å². The van der Waals surface area contributed by atoms with Gasteiger partial charge >= 0.3 is 0 Å². The molecule has 0 radical (unpaired) electrons. The third-order valence-electron chi connectivity index (χ3n) is 2.72. The highest BCUT2D eigenvalue weighted by Gasteiger charge is 2.14. The highest BCUT2D eigenvalue weighted by molar-refractivity contribution is 7.16. The molecule has 18 heavy (non-hydrogen) atoms. The molecule has 0 fully saturated rings. The standard InChI is InChI=1S/C13H12Cl2FNS/c1-17-11(12-4-5-13(15)18-12)7-8-6-9(16)2-3-10(8)14/h2-6,11,17H,7H2,1H3. The molecule has 0 bridgehead atoms. The van der Waals surface area contributed by atoms with Gasteiger partial charge in [-0.15, -0.1) is 11.3 Å². The summed E-state index contributed by atoms with van der Waals surface area (Å²) in [5, 5.41) is 3.78. The Balaban J connectivity index is 2.22. The van der Waals surface area contributed by atoms with E-state index in [2.05, 4.69) is 5.32 Å². The van der Waals surface area contributed by atoms with Crippen molar-refractivity contribution in [1.82, 2.24) is 5.32 Å². The van der Waals surface area contributed by atoms with Gasteiger partial charge in [-0.25, -0.2) is 4.39 Å². The van der Waals surface area contributed by atoms with Gasteiger partial charge in [0.15, 0.2) is 0 Å². The first-order valence-corrected chi connectivity index (χ1v) is 7.04. The molecule has 0 aliphatic heterocycles. The molecule has 1 atom stereocenters. The van der Waals surface area contributed by atoms with Gasteiger partial charge in [0.25, 0.3) is 0 Å². The molecule has 0 saturated heterocycles. The smallest absolute Gasteiger partial charge is 0.123 e. The van der Waals surface area contributed by atoms with Gasteiger partial charge in [-0.2, -0.15) is 0 Å². The second-order valence-corrected chi connectivity index (χ2v) is 6.08. The van der Waals surface area contributed by atoms with Gasteiger partial charge in [-0.1, -0.05) is 23.2 Å². The number of hydrogen-bond donors (Lipinski definition) is 1. The highest BCUT2D eigenvalue weighted by atomic mass is 35.5.